The average Bonchev–Trinajstić information content (AvgIpc) is 2.71. The predicted molar refractivity (Wildman–Crippen MR) is 112 cm³/mol. The number of para-hydroxylation sites is 1. The number of nitriles is 1. The Hall–Kier alpha value is -2.97. The second-order valence-corrected chi connectivity index (χ2v) is 6.42. The number of ether oxygens (including phenoxy) is 2. The van der Waals surface area contributed by atoms with E-state index < -0.39 is 5.91 Å². The lowest BCUT2D eigenvalue weighted by atomic mass is 10.1. The molecule has 0 radical (unpaired) electrons. The number of amides is 1. The lowest BCUT2D eigenvalue weighted by Gasteiger charge is -2.13. The molecule has 2 aromatic rings. The van der Waals surface area contributed by atoms with Gasteiger partial charge in [0.15, 0.2) is 11.5 Å². The van der Waals surface area contributed by atoms with Gasteiger partial charge in [0, 0.05) is 5.69 Å². The lowest BCUT2D eigenvalue weighted by molar-refractivity contribution is -0.112. The molecule has 28 heavy (non-hydrogen) atoms. The first-order valence-electron chi connectivity index (χ1n) is 9.05. The fourth-order valence-corrected chi connectivity index (χ4v) is 2.90. The third kappa shape index (κ3) is 5.28. The second-order valence-electron chi connectivity index (χ2n) is 6.02. The van der Waals surface area contributed by atoms with E-state index in [0.29, 0.717) is 34.4 Å². The molecule has 5 nitrogen and oxygen atoms in total. The van der Waals surface area contributed by atoms with Crippen LogP contribution >= 0.6 is 11.6 Å². The molecule has 0 fully saturated rings. The number of hydrogen-bond acceptors (Lipinski definition) is 4. The van der Waals surface area contributed by atoms with Crippen molar-refractivity contribution in [3.63, 3.8) is 0 Å². The number of hydrogen-bond donors (Lipinski definition) is 1. The van der Waals surface area contributed by atoms with Crippen LogP contribution in [0.3, 0.4) is 0 Å². The Balaban J connectivity index is 2.32. The van der Waals surface area contributed by atoms with Crippen LogP contribution in [0, 0.1) is 11.3 Å². The number of nitrogens with one attached hydrogen (secondary N) is 1. The van der Waals surface area contributed by atoms with Gasteiger partial charge in [0.05, 0.1) is 18.7 Å². The van der Waals surface area contributed by atoms with Crippen LogP contribution in [0.4, 0.5) is 5.69 Å². The molecule has 146 valence electrons. The summed E-state index contributed by atoms with van der Waals surface area (Å²) in [6.45, 7) is 4.50. The van der Waals surface area contributed by atoms with E-state index in [1.165, 1.54) is 13.2 Å². The molecule has 0 bridgehead atoms. The van der Waals surface area contributed by atoms with E-state index in [2.05, 4.69) is 5.32 Å². The SMILES string of the molecule is CCCOc1c(Cl)cc(/C=C(\C#N)C(=O)Nc2ccccc2CC)cc1OC. The van der Waals surface area contributed by atoms with E-state index in [9.17, 15) is 10.1 Å². The molecule has 0 aliphatic heterocycles. The molecule has 0 unspecified atom stereocenters. The fraction of sp³-hybridized carbons (Fsp3) is 0.273. The van der Waals surface area contributed by atoms with Gasteiger partial charge in [0.25, 0.3) is 5.91 Å². The maximum atomic E-state index is 12.6. The van der Waals surface area contributed by atoms with Crippen LogP contribution in [0.15, 0.2) is 42.0 Å². The number of methoxy groups -OCH3 is 1. The smallest absolute Gasteiger partial charge is 0.266 e. The summed E-state index contributed by atoms with van der Waals surface area (Å²) in [7, 11) is 1.51. The molecule has 0 atom stereocenters. The summed E-state index contributed by atoms with van der Waals surface area (Å²) in [5.74, 6) is 0.411. The minimum atomic E-state index is -0.482. The summed E-state index contributed by atoms with van der Waals surface area (Å²) in [6.07, 6.45) is 3.08. The Kier molecular flexibility index (Phi) is 7.91. The molecule has 0 heterocycles. The van der Waals surface area contributed by atoms with E-state index >= 15 is 0 Å². The number of carbonyl (C=O) groups excluding carboxylic acids is 1. The minimum absolute atomic E-state index is 0.0359. The van der Waals surface area contributed by atoms with Gasteiger partial charge in [-0.25, -0.2) is 0 Å². The summed E-state index contributed by atoms with van der Waals surface area (Å²) in [4.78, 5) is 12.6. The molecule has 0 saturated heterocycles. The maximum Gasteiger partial charge on any atom is 0.266 e. The average molecular weight is 399 g/mol. The highest BCUT2D eigenvalue weighted by molar-refractivity contribution is 6.32. The van der Waals surface area contributed by atoms with Crippen molar-refractivity contribution in [1.82, 2.24) is 0 Å². The van der Waals surface area contributed by atoms with Crippen molar-refractivity contribution in [2.45, 2.75) is 26.7 Å². The second kappa shape index (κ2) is 10.4. The van der Waals surface area contributed by atoms with Crippen molar-refractivity contribution in [1.29, 1.82) is 5.26 Å². The number of benzene rings is 2. The van der Waals surface area contributed by atoms with Crippen LogP contribution in [0.25, 0.3) is 6.08 Å². The predicted octanol–water partition coefficient (Wildman–Crippen LogP) is 5.25. The van der Waals surface area contributed by atoms with Gasteiger partial charge < -0.3 is 14.8 Å². The lowest BCUT2D eigenvalue weighted by Crippen LogP contribution is -2.14. The topological polar surface area (TPSA) is 71.3 Å². The monoisotopic (exact) mass is 398 g/mol. The highest BCUT2D eigenvalue weighted by atomic mass is 35.5. The quantitative estimate of drug-likeness (QED) is 0.487. The van der Waals surface area contributed by atoms with Crippen molar-refractivity contribution in [2.75, 3.05) is 19.0 Å². The Bertz CT molecular complexity index is 916. The zero-order chi connectivity index (χ0) is 20.5. The van der Waals surface area contributed by atoms with Crippen LogP contribution in [0.5, 0.6) is 11.5 Å². The largest absolute Gasteiger partial charge is 0.493 e. The Morgan fingerprint density at radius 3 is 2.68 bits per heavy atom. The normalized spacial score (nSPS) is 10.9. The van der Waals surface area contributed by atoms with E-state index in [1.54, 1.807) is 12.1 Å². The summed E-state index contributed by atoms with van der Waals surface area (Å²) >= 11 is 6.31. The van der Waals surface area contributed by atoms with Gasteiger partial charge >= 0.3 is 0 Å². The molecule has 1 amide bonds. The molecule has 1 N–H and O–H groups in total. The van der Waals surface area contributed by atoms with Crippen LogP contribution in [0.2, 0.25) is 5.02 Å². The van der Waals surface area contributed by atoms with Crippen molar-refractivity contribution in [3.05, 3.63) is 58.1 Å². The first-order valence-corrected chi connectivity index (χ1v) is 9.43. The molecule has 0 aliphatic rings. The van der Waals surface area contributed by atoms with E-state index in [1.807, 2.05) is 44.2 Å². The minimum Gasteiger partial charge on any atom is -0.493 e. The van der Waals surface area contributed by atoms with Crippen molar-refractivity contribution in [2.24, 2.45) is 0 Å². The van der Waals surface area contributed by atoms with Gasteiger partial charge in [-0.3, -0.25) is 4.79 Å². The number of halogens is 1. The van der Waals surface area contributed by atoms with Crippen LogP contribution in [-0.2, 0) is 11.2 Å². The maximum absolute atomic E-state index is 12.6. The number of rotatable bonds is 8. The first kappa shape index (κ1) is 21.3. The van der Waals surface area contributed by atoms with Gasteiger partial charge in [0.1, 0.15) is 11.6 Å². The summed E-state index contributed by atoms with van der Waals surface area (Å²) in [5, 5.41) is 12.6. The van der Waals surface area contributed by atoms with Crippen molar-refractivity contribution >= 4 is 29.3 Å². The third-order valence-electron chi connectivity index (χ3n) is 4.02. The zero-order valence-corrected chi connectivity index (χ0v) is 17.0. The fourth-order valence-electron chi connectivity index (χ4n) is 2.62. The Morgan fingerprint density at radius 1 is 1.29 bits per heavy atom. The molecule has 6 heteroatoms. The van der Waals surface area contributed by atoms with Crippen LogP contribution in [0.1, 0.15) is 31.4 Å². The first-order chi connectivity index (χ1) is 13.5. The molecule has 0 spiro atoms. The molecule has 2 rings (SSSR count). The number of carbonyl (C=O) groups is 1. The van der Waals surface area contributed by atoms with Crippen molar-refractivity contribution in [3.8, 4) is 17.6 Å². The van der Waals surface area contributed by atoms with Gasteiger partial charge in [-0.15, -0.1) is 0 Å². The molecule has 2 aromatic carbocycles. The van der Waals surface area contributed by atoms with Crippen LogP contribution in [-0.4, -0.2) is 19.6 Å². The third-order valence-corrected chi connectivity index (χ3v) is 4.31. The van der Waals surface area contributed by atoms with Gasteiger partial charge in [0.2, 0.25) is 0 Å². The number of aryl methyl sites for hydroxylation is 1. The summed E-state index contributed by atoms with van der Waals surface area (Å²) < 4.78 is 11.0. The van der Waals surface area contributed by atoms with Gasteiger partial charge in [-0.05, 0) is 48.2 Å². The molecule has 0 aliphatic carbocycles. The van der Waals surface area contributed by atoms with E-state index in [4.69, 9.17) is 21.1 Å². The number of nitrogens with zero attached hydrogens (tertiary/aromatic N) is 1. The van der Waals surface area contributed by atoms with Gasteiger partial charge in [-0.1, -0.05) is 43.6 Å². The standard InChI is InChI=1S/C22H23ClN2O3/c1-4-10-28-21-18(23)12-15(13-20(21)27-3)11-17(14-24)22(26)25-19-9-7-6-8-16(19)5-2/h6-9,11-13H,4-5,10H2,1-3H3,(H,25,26)/b17-11+. The van der Waals surface area contributed by atoms with E-state index in [0.717, 1.165) is 18.4 Å². The Morgan fingerprint density at radius 2 is 2.04 bits per heavy atom. The highest BCUT2D eigenvalue weighted by Gasteiger charge is 2.15. The van der Waals surface area contributed by atoms with Gasteiger partial charge in [-0.2, -0.15) is 5.26 Å². The van der Waals surface area contributed by atoms with E-state index in [-0.39, 0.29) is 5.57 Å². The number of anilines is 1. The van der Waals surface area contributed by atoms with Crippen molar-refractivity contribution < 1.29 is 14.3 Å². The zero-order valence-electron chi connectivity index (χ0n) is 16.2. The molecule has 0 saturated carbocycles. The highest BCUT2D eigenvalue weighted by Crippen LogP contribution is 2.37. The molecule has 0 aromatic heterocycles. The molecular formula is C22H23ClN2O3. The molecular weight excluding hydrogens is 376 g/mol. The Labute approximate surface area is 170 Å². The summed E-state index contributed by atoms with van der Waals surface area (Å²) in [5.41, 5.74) is 2.22. The summed E-state index contributed by atoms with van der Waals surface area (Å²) in [6, 6.07) is 12.8. The van der Waals surface area contributed by atoms with Crippen LogP contribution < -0.4 is 14.8 Å².